The Morgan fingerprint density at radius 1 is 1.20 bits per heavy atom. The van der Waals surface area contributed by atoms with E-state index in [4.69, 9.17) is 20.8 Å². The average Bonchev–Trinajstić information content (AvgIpc) is 3.23. The fraction of sp³-hybridized carbons (Fsp3) is 0.238. The quantitative estimate of drug-likeness (QED) is 0.345. The number of aromatic nitrogens is 4. The van der Waals surface area contributed by atoms with Gasteiger partial charge >= 0.3 is 11.7 Å². The van der Waals surface area contributed by atoms with Gasteiger partial charge in [-0.05, 0) is 50.6 Å². The standard InChI is InChI=1S/C21H19ClN4O4/c1-13-12-14(2)26(24-13)18-9-8-15(22)19(23-18)20(27)29-11-5-10-25-16-6-3-4-7-17(16)30-21(25)28/h3-4,6-9,12H,5,10-11H2,1-2H3. The maximum absolute atomic E-state index is 12.5. The molecule has 0 aliphatic rings. The van der Waals surface area contributed by atoms with Crippen LogP contribution in [0.4, 0.5) is 0 Å². The van der Waals surface area contributed by atoms with Crippen molar-refractivity contribution in [3.63, 3.8) is 0 Å². The number of halogens is 1. The summed E-state index contributed by atoms with van der Waals surface area (Å²) in [5.74, 6) is -0.592. The van der Waals surface area contributed by atoms with Gasteiger partial charge in [0.05, 0.1) is 22.8 Å². The van der Waals surface area contributed by atoms with Gasteiger partial charge in [-0.1, -0.05) is 23.7 Å². The molecule has 0 saturated heterocycles. The van der Waals surface area contributed by atoms with Gasteiger partial charge in [-0.15, -0.1) is 0 Å². The van der Waals surface area contributed by atoms with Crippen molar-refractivity contribution >= 4 is 28.7 Å². The van der Waals surface area contributed by atoms with Gasteiger partial charge in [0.2, 0.25) is 0 Å². The predicted molar refractivity (Wildman–Crippen MR) is 111 cm³/mol. The van der Waals surface area contributed by atoms with E-state index in [2.05, 4.69) is 10.1 Å². The van der Waals surface area contributed by atoms with E-state index < -0.39 is 11.7 Å². The number of hydrogen-bond acceptors (Lipinski definition) is 6. The monoisotopic (exact) mass is 426 g/mol. The number of carbonyl (C=O) groups excluding carboxylic acids is 1. The molecule has 9 heteroatoms. The predicted octanol–water partition coefficient (Wildman–Crippen LogP) is 3.69. The number of aryl methyl sites for hydroxylation is 3. The van der Waals surface area contributed by atoms with E-state index in [0.717, 1.165) is 11.4 Å². The number of oxazole rings is 1. The lowest BCUT2D eigenvalue weighted by Crippen LogP contribution is -2.17. The third-order valence-electron chi connectivity index (χ3n) is 4.58. The Morgan fingerprint density at radius 2 is 2.00 bits per heavy atom. The molecule has 0 fully saturated rings. The number of benzene rings is 1. The maximum atomic E-state index is 12.5. The lowest BCUT2D eigenvalue weighted by Gasteiger charge is -2.09. The molecule has 154 valence electrons. The first-order chi connectivity index (χ1) is 14.4. The molecule has 0 saturated carbocycles. The van der Waals surface area contributed by atoms with Crippen molar-refractivity contribution in [2.75, 3.05) is 6.61 Å². The van der Waals surface area contributed by atoms with Crippen LogP contribution in [0.5, 0.6) is 0 Å². The number of fused-ring (bicyclic) bond motifs is 1. The summed E-state index contributed by atoms with van der Waals surface area (Å²) in [6.07, 6.45) is 0.434. The molecule has 0 unspecified atom stereocenters. The summed E-state index contributed by atoms with van der Waals surface area (Å²) >= 11 is 6.15. The zero-order valence-corrected chi connectivity index (χ0v) is 17.2. The first-order valence-electron chi connectivity index (χ1n) is 9.40. The molecule has 0 atom stereocenters. The minimum absolute atomic E-state index is 0.0210. The van der Waals surface area contributed by atoms with E-state index in [9.17, 15) is 9.59 Å². The molecule has 0 amide bonds. The molecule has 0 aliphatic carbocycles. The van der Waals surface area contributed by atoms with Gasteiger partial charge in [0.25, 0.3) is 0 Å². The topological polar surface area (TPSA) is 92.2 Å². The molecule has 0 radical (unpaired) electrons. The second-order valence-electron chi connectivity index (χ2n) is 6.82. The number of para-hydroxylation sites is 2. The molecule has 3 heterocycles. The Hall–Kier alpha value is -3.39. The molecule has 0 aliphatic heterocycles. The van der Waals surface area contributed by atoms with Crippen molar-refractivity contribution in [3.8, 4) is 5.82 Å². The minimum atomic E-state index is -0.632. The molecular formula is C21H19ClN4O4. The lowest BCUT2D eigenvalue weighted by molar-refractivity contribution is 0.0489. The van der Waals surface area contributed by atoms with Crippen molar-refractivity contribution in [1.29, 1.82) is 0 Å². The van der Waals surface area contributed by atoms with Gasteiger partial charge < -0.3 is 9.15 Å². The maximum Gasteiger partial charge on any atom is 0.419 e. The van der Waals surface area contributed by atoms with Crippen molar-refractivity contribution < 1.29 is 13.9 Å². The molecule has 8 nitrogen and oxygen atoms in total. The number of esters is 1. The minimum Gasteiger partial charge on any atom is -0.461 e. The summed E-state index contributed by atoms with van der Waals surface area (Å²) in [4.78, 5) is 28.8. The fourth-order valence-electron chi connectivity index (χ4n) is 3.24. The van der Waals surface area contributed by atoms with Crippen LogP contribution in [0.3, 0.4) is 0 Å². The van der Waals surface area contributed by atoms with E-state index in [1.165, 1.54) is 4.57 Å². The zero-order chi connectivity index (χ0) is 21.3. The third kappa shape index (κ3) is 3.86. The Morgan fingerprint density at radius 3 is 2.77 bits per heavy atom. The van der Waals surface area contributed by atoms with Crippen molar-refractivity contribution in [2.45, 2.75) is 26.8 Å². The van der Waals surface area contributed by atoms with Crippen LogP contribution in [0.15, 0.2) is 51.7 Å². The number of rotatable bonds is 6. The molecule has 30 heavy (non-hydrogen) atoms. The van der Waals surface area contributed by atoms with Gasteiger partial charge in [0, 0.05) is 12.2 Å². The smallest absolute Gasteiger partial charge is 0.419 e. The molecule has 1 aromatic carbocycles. The Labute approximate surface area is 176 Å². The first kappa shape index (κ1) is 19.9. The summed E-state index contributed by atoms with van der Waals surface area (Å²) in [5.41, 5.74) is 2.98. The molecule has 4 rings (SSSR count). The van der Waals surface area contributed by atoms with Crippen LogP contribution in [-0.4, -0.2) is 31.9 Å². The average molecular weight is 427 g/mol. The SMILES string of the molecule is Cc1cc(C)n(-c2ccc(Cl)c(C(=O)OCCCn3c(=O)oc4ccccc43)n2)n1. The summed E-state index contributed by atoms with van der Waals surface area (Å²) in [6, 6.07) is 12.4. The molecule has 0 N–H and O–H groups in total. The zero-order valence-electron chi connectivity index (χ0n) is 16.5. The van der Waals surface area contributed by atoms with Crippen LogP contribution < -0.4 is 5.76 Å². The molecular weight excluding hydrogens is 408 g/mol. The highest BCUT2D eigenvalue weighted by molar-refractivity contribution is 6.33. The second kappa shape index (κ2) is 8.16. The van der Waals surface area contributed by atoms with Crippen LogP contribution >= 0.6 is 11.6 Å². The lowest BCUT2D eigenvalue weighted by atomic mass is 10.3. The van der Waals surface area contributed by atoms with Crippen molar-refractivity contribution in [3.05, 3.63) is 75.1 Å². The first-order valence-corrected chi connectivity index (χ1v) is 9.77. The van der Waals surface area contributed by atoms with Crippen molar-refractivity contribution in [2.24, 2.45) is 0 Å². The van der Waals surface area contributed by atoms with Crippen LogP contribution in [0.2, 0.25) is 5.02 Å². The highest BCUT2D eigenvalue weighted by Gasteiger charge is 2.17. The van der Waals surface area contributed by atoms with Crippen molar-refractivity contribution in [1.82, 2.24) is 19.3 Å². The van der Waals surface area contributed by atoms with E-state index in [0.29, 0.717) is 29.9 Å². The van der Waals surface area contributed by atoms with Crippen LogP contribution in [0.25, 0.3) is 16.9 Å². The van der Waals surface area contributed by atoms with E-state index in [1.807, 2.05) is 26.0 Å². The molecule has 0 bridgehead atoms. The van der Waals surface area contributed by atoms with E-state index in [1.54, 1.807) is 35.0 Å². The van der Waals surface area contributed by atoms with E-state index in [-0.39, 0.29) is 17.3 Å². The number of ether oxygens (including phenoxy) is 1. The number of hydrogen-bond donors (Lipinski definition) is 0. The van der Waals surface area contributed by atoms with Gasteiger partial charge in [-0.3, -0.25) is 4.57 Å². The van der Waals surface area contributed by atoms with Crippen LogP contribution in [-0.2, 0) is 11.3 Å². The number of nitrogens with zero attached hydrogens (tertiary/aromatic N) is 4. The van der Waals surface area contributed by atoms with Gasteiger partial charge in [0.15, 0.2) is 17.1 Å². The van der Waals surface area contributed by atoms with E-state index >= 15 is 0 Å². The summed E-state index contributed by atoms with van der Waals surface area (Å²) in [7, 11) is 0. The second-order valence-corrected chi connectivity index (χ2v) is 7.22. The third-order valence-corrected chi connectivity index (χ3v) is 4.89. The van der Waals surface area contributed by atoms with Gasteiger partial charge in [-0.25, -0.2) is 19.3 Å². The Kier molecular flexibility index (Phi) is 5.41. The van der Waals surface area contributed by atoms with Gasteiger partial charge in [0.1, 0.15) is 0 Å². The fourth-order valence-corrected chi connectivity index (χ4v) is 3.42. The molecule has 3 aromatic heterocycles. The molecule has 0 spiro atoms. The largest absolute Gasteiger partial charge is 0.461 e. The highest BCUT2D eigenvalue weighted by Crippen LogP contribution is 2.19. The highest BCUT2D eigenvalue weighted by atomic mass is 35.5. The molecule has 4 aromatic rings. The summed E-state index contributed by atoms with van der Waals surface area (Å²) in [5, 5.41) is 4.56. The Bertz CT molecular complexity index is 1290. The van der Waals surface area contributed by atoms with Crippen LogP contribution in [0.1, 0.15) is 28.3 Å². The summed E-state index contributed by atoms with van der Waals surface area (Å²) < 4.78 is 13.7. The van der Waals surface area contributed by atoms with Crippen LogP contribution in [0, 0.1) is 13.8 Å². The summed E-state index contributed by atoms with van der Waals surface area (Å²) in [6.45, 7) is 4.24. The van der Waals surface area contributed by atoms with Gasteiger partial charge in [-0.2, -0.15) is 5.10 Å². The Balaban J connectivity index is 1.43. The normalized spacial score (nSPS) is 11.2. The number of carbonyl (C=O) groups is 1. The number of pyridine rings is 1.